The highest BCUT2D eigenvalue weighted by Gasteiger charge is 2.06. The summed E-state index contributed by atoms with van der Waals surface area (Å²) in [4.78, 5) is 0. The van der Waals surface area contributed by atoms with E-state index in [0.717, 1.165) is 35.3 Å². The van der Waals surface area contributed by atoms with Crippen LogP contribution in [0.3, 0.4) is 0 Å². The van der Waals surface area contributed by atoms with Gasteiger partial charge in [-0.05, 0) is 31.2 Å². The van der Waals surface area contributed by atoms with E-state index in [1.807, 2.05) is 23.0 Å². The highest BCUT2D eigenvalue weighted by molar-refractivity contribution is 9.10. The van der Waals surface area contributed by atoms with Crippen LogP contribution in [0.1, 0.15) is 24.5 Å². The molecule has 0 aliphatic heterocycles. The topological polar surface area (TPSA) is 39.1 Å². The number of nitrogens with zero attached hydrogens (tertiary/aromatic N) is 2. The zero-order valence-electron chi connectivity index (χ0n) is 11.9. The number of aromatic nitrogens is 2. The molecule has 1 aromatic heterocycles. The van der Waals surface area contributed by atoms with Crippen LogP contribution in [-0.2, 0) is 13.1 Å². The van der Waals surface area contributed by atoms with E-state index in [1.54, 1.807) is 7.11 Å². The van der Waals surface area contributed by atoms with Gasteiger partial charge in [0.25, 0.3) is 0 Å². The summed E-state index contributed by atoms with van der Waals surface area (Å²) in [5.74, 6) is 0.884. The number of methoxy groups -OCH3 is 1. The van der Waals surface area contributed by atoms with Crippen LogP contribution in [0.2, 0.25) is 0 Å². The average molecular weight is 338 g/mol. The highest BCUT2D eigenvalue weighted by atomic mass is 79.9. The normalized spacial score (nSPS) is 10.8. The van der Waals surface area contributed by atoms with Gasteiger partial charge in [-0.15, -0.1) is 0 Å². The van der Waals surface area contributed by atoms with Crippen molar-refractivity contribution in [3.63, 3.8) is 0 Å². The van der Waals surface area contributed by atoms with Gasteiger partial charge in [0.15, 0.2) is 0 Å². The molecule has 0 atom stereocenters. The van der Waals surface area contributed by atoms with Gasteiger partial charge in [0.05, 0.1) is 19.9 Å². The Hall–Kier alpha value is -1.33. The predicted molar refractivity (Wildman–Crippen MR) is 84.0 cm³/mol. The SMILES string of the molecule is CCCNCc1cnn(Cc2cc(Br)ccc2OC)c1. The molecule has 2 aromatic rings. The Morgan fingerprint density at radius 3 is 3.00 bits per heavy atom. The fourth-order valence-electron chi connectivity index (χ4n) is 2.04. The highest BCUT2D eigenvalue weighted by Crippen LogP contribution is 2.23. The van der Waals surface area contributed by atoms with Crippen LogP contribution in [0, 0.1) is 0 Å². The summed E-state index contributed by atoms with van der Waals surface area (Å²) >= 11 is 3.49. The molecule has 1 heterocycles. The molecule has 5 heteroatoms. The van der Waals surface area contributed by atoms with Gasteiger partial charge in [-0.1, -0.05) is 22.9 Å². The molecule has 0 radical (unpaired) electrons. The lowest BCUT2D eigenvalue weighted by atomic mass is 10.2. The van der Waals surface area contributed by atoms with Gasteiger partial charge in [-0.2, -0.15) is 5.10 Å². The van der Waals surface area contributed by atoms with Gasteiger partial charge in [0, 0.05) is 28.3 Å². The van der Waals surface area contributed by atoms with Crippen LogP contribution < -0.4 is 10.1 Å². The number of ether oxygens (including phenoxy) is 1. The van der Waals surface area contributed by atoms with Crippen molar-refractivity contribution in [1.29, 1.82) is 0 Å². The number of nitrogens with one attached hydrogen (secondary N) is 1. The Labute approximate surface area is 128 Å². The van der Waals surface area contributed by atoms with E-state index in [4.69, 9.17) is 4.74 Å². The Kier molecular flexibility index (Phi) is 5.61. The van der Waals surface area contributed by atoms with Crippen LogP contribution >= 0.6 is 15.9 Å². The monoisotopic (exact) mass is 337 g/mol. The Morgan fingerprint density at radius 1 is 1.40 bits per heavy atom. The molecule has 0 spiro atoms. The molecule has 0 aliphatic rings. The summed E-state index contributed by atoms with van der Waals surface area (Å²) in [7, 11) is 1.69. The molecule has 0 saturated carbocycles. The molecule has 0 fully saturated rings. The standard InChI is InChI=1S/C15H20BrN3O/c1-3-6-17-8-12-9-18-19(10-12)11-13-7-14(16)4-5-15(13)20-2/h4-5,7,9-10,17H,3,6,8,11H2,1-2H3. The first kappa shape index (κ1) is 15.1. The third-order valence-electron chi connectivity index (χ3n) is 3.02. The maximum Gasteiger partial charge on any atom is 0.124 e. The van der Waals surface area contributed by atoms with E-state index >= 15 is 0 Å². The molecule has 0 amide bonds. The smallest absolute Gasteiger partial charge is 0.124 e. The zero-order valence-corrected chi connectivity index (χ0v) is 13.5. The third-order valence-corrected chi connectivity index (χ3v) is 3.51. The van der Waals surface area contributed by atoms with Crippen molar-refractivity contribution < 1.29 is 4.74 Å². The lowest BCUT2D eigenvalue weighted by Gasteiger charge is -2.09. The summed E-state index contributed by atoms with van der Waals surface area (Å²) in [5.41, 5.74) is 2.31. The molecule has 1 N–H and O–H groups in total. The number of hydrogen-bond acceptors (Lipinski definition) is 3. The van der Waals surface area contributed by atoms with Crippen molar-refractivity contribution >= 4 is 15.9 Å². The average Bonchev–Trinajstić information content (AvgIpc) is 2.87. The fourth-order valence-corrected chi connectivity index (χ4v) is 2.45. The summed E-state index contributed by atoms with van der Waals surface area (Å²) in [6, 6.07) is 6.01. The van der Waals surface area contributed by atoms with Gasteiger partial charge in [0.2, 0.25) is 0 Å². The van der Waals surface area contributed by atoms with Gasteiger partial charge < -0.3 is 10.1 Å². The number of halogens is 1. The summed E-state index contributed by atoms with van der Waals surface area (Å²) in [6.45, 7) is 4.76. The second-order valence-corrected chi connectivity index (χ2v) is 5.59. The van der Waals surface area contributed by atoms with Gasteiger partial charge >= 0.3 is 0 Å². The van der Waals surface area contributed by atoms with E-state index in [-0.39, 0.29) is 0 Å². The summed E-state index contributed by atoms with van der Waals surface area (Å²) in [5, 5.41) is 7.78. The minimum absolute atomic E-state index is 0.705. The number of rotatable bonds is 7. The van der Waals surface area contributed by atoms with Crippen molar-refractivity contribution in [3.8, 4) is 5.75 Å². The second-order valence-electron chi connectivity index (χ2n) is 4.68. The Morgan fingerprint density at radius 2 is 2.25 bits per heavy atom. The summed E-state index contributed by atoms with van der Waals surface area (Å²) in [6.07, 6.45) is 5.12. The van der Waals surface area contributed by atoms with E-state index in [1.165, 1.54) is 5.56 Å². The molecule has 4 nitrogen and oxygen atoms in total. The van der Waals surface area contributed by atoms with Crippen LogP contribution in [-0.4, -0.2) is 23.4 Å². The van der Waals surface area contributed by atoms with Crippen molar-refractivity contribution in [2.45, 2.75) is 26.4 Å². The molecule has 0 unspecified atom stereocenters. The predicted octanol–water partition coefficient (Wildman–Crippen LogP) is 3.20. The molecule has 0 bridgehead atoms. The van der Waals surface area contributed by atoms with Crippen LogP contribution in [0.25, 0.3) is 0 Å². The zero-order chi connectivity index (χ0) is 14.4. The molecular weight excluding hydrogens is 318 g/mol. The van der Waals surface area contributed by atoms with Gasteiger partial charge in [-0.3, -0.25) is 4.68 Å². The lowest BCUT2D eigenvalue weighted by molar-refractivity contribution is 0.407. The van der Waals surface area contributed by atoms with Gasteiger partial charge in [-0.25, -0.2) is 0 Å². The Bertz CT molecular complexity index is 554. The molecular formula is C15H20BrN3O. The molecule has 1 aromatic carbocycles. The lowest BCUT2D eigenvalue weighted by Crippen LogP contribution is -2.13. The fraction of sp³-hybridized carbons (Fsp3) is 0.400. The van der Waals surface area contributed by atoms with E-state index in [2.05, 4.69) is 45.5 Å². The largest absolute Gasteiger partial charge is 0.496 e. The Balaban J connectivity index is 2.04. The summed E-state index contributed by atoms with van der Waals surface area (Å²) < 4.78 is 8.37. The molecule has 2 rings (SSSR count). The van der Waals surface area contributed by atoms with Crippen molar-refractivity contribution in [2.75, 3.05) is 13.7 Å². The maximum absolute atomic E-state index is 5.38. The molecule has 0 saturated heterocycles. The van der Waals surface area contributed by atoms with E-state index in [0.29, 0.717) is 6.54 Å². The number of hydrogen-bond donors (Lipinski definition) is 1. The van der Waals surface area contributed by atoms with Crippen LogP contribution in [0.15, 0.2) is 35.1 Å². The van der Waals surface area contributed by atoms with E-state index < -0.39 is 0 Å². The maximum atomic E-state index is 5.38. The van der Waals surface area contributed by atoms with E-state index in [9.17, 15) is 0 Å². The van der Waals surface area contributed by atoms with Crippen molar-refractivity contribution in [2.24, 2.45) is 0 Å². The van der Waals surface area contributed by atoms with Crippen molar-refractivity contribution in [3.05, 3.63) is 46.2 Å². The van der Waals surface area contributed by atoms with Crippen LogP contribution in [0.4, 0.5) is 0 Å². The molecule has 0 aliphatic carbocycles. The van der Waals surface area contributed by atoms with Gasteiger partial charge in [0.1, 0.15) is 5.75 Å². The quantitative estimate of drug-likeness (QED) is 0.788. The second kappa shape index (κ2) is 7.45. The minimum Gasteiger partial charge on any atom is -0.496 e. The first-order chi connectivity index (χ1) is 9.72. The molecule has 108 valence electrons. The van der Waals surface area contributed by atoms with Crippen molar-refractivity contribution in [1.82, 2.24) is 15.1 Å². The minimum atomic E-state index is 0.705. The first-order valence-corrected chi connectivity index (χ1v) is 7.56. The first-order valence-electron chi connectivity index (χ1n) is 6.77. The number of benzene rings is 1. The van der Waals surface area contributed by atoms with Crippen LogP contribution in [0.5, 0.6) is 5.75 Å². The molecule has 20 heavy (non-hydrogen) atoms. The third kappa shape index (κ3) is 4.08.